The highest BCUT2D eigenvalue weighted by molar-refractivity contribution is 4.60. The largest absolute Gasteiger partial charge is 0.378 e. The van der Waals surface area contributed by atoms with Gasteiger partial charge < -0.3 is 19.3 Å². The number of ether oxygens (including phenoxy) is 2. The summed E-state index contributed by atoms with van der Waals surface area (Å²) in [6.45, 7) is 15.8. The van der Waals surface area contributed by atoms with E-state index in [2.05, 4.69) is 37.6 Å². The Morgan fingerprint density at radius 1 is 0.295 bits per heavy atom. The van der Waals surface area contributed by atoms with Crippen molar-refractivity contribution in [3.63, 3.8) is 0 Å². The first-order valence-corrected chi connectivity index (χ1v) is 20.3. The van der Waals surface area contributed by atoms with Crippen LogP contribution in [0.1, 0.15) is 194 Å². The van der Waals surface area contributed by atoms with Gasteiger partial charge in [-0.2, -0.15) is 0 Å². The van der Waals surface area contributed by atoms with Crippen LogP contribution < -0.4 is 0 Å². The lowest BCUT2D eigenvalue weighted by Gasteiger charge is -2.22. The van der Waals surface area contributed by atoms with Gasteiger partial charge in [-0.3, -0.25) is 0 Å². The summed E-state index contributed by atoms with van der Waals surface area (Å²) < 4.78 is 11.9. The fourth-order valence-corrected chi connectivity index (χ4v) is 6.17. The van der Waals surface area contributed by atoms with Gasteiger partial charge in [0.1, 0.15) is 0 Å². The molecule has 0 fully saturated rings. The number of unbranched alkanes of at least 4 members (excludes halogenated alkanes) is 24. The Balaban J connectivity index is 3.86. The van der Waals surface area contributed by atoms with Crippen LogP contribution in [0.5, 0.6) is 0 Å². The topological polar surface area (TPSA) is 24.9 Å². The van der Waals surface area contributed by atoms with Gasteiger partial charge in [0.25, 0.3) is 0 Å². The number of hydrogen-bond acceptors (Lipinski definition) is 4. The smallest absolute Gasteiger partial charge is 0.0701 e. The van der Waals surface area contributed by atoms with Gasteiger partial charge in [0.2, 0.25) is 0 Å². The average molecular weight is 625 g/mol. The van der Waals surface area contributed by atoms with Gasteiger partial charge in [0, 0.05) is 13.1 Å². The molecule has 0 aliphatic rings. The minimum Gasteiger partial charge on any atom is -0.378 e. The average Bonchev–Trinajstić information content (AvgIpc) is 3.03. The number of nitrogens with zero attached hydrogens (tertiary/aromatic N) is 2. The predicted molar refractivity (Wildman–Crippen MR) is 197 cm³/mol. The quantitative estimate of drug-likeness (QED) is 0.0635. The van der Waals surface area contributed by atoms with Gasteiger partial charge in [-0.05, 0) is 45.9 Å². The first-order valence-electron chi connectivity index (χ1n) is 20.3. The summed E-state index contributed by atoms with van der Waals surface area (Å²) in [6, 6.07) is 0. The Morgan fingerprint density at radius 3 is 0.955 bits per heavy atom. The first-order chi connectivity index (χ1) is 21.7. The van der Waals surface area contributed by atoms with Gasteiger partial charge in [-0.25, -0.2) is 0 Å². The standard InChI is InChI=1S/C40H84N2O2/c1-5-8-11-14-17-20-23-26-29-32-41(4)35-37-43-39-40-44-38-36-42(33-30-27-24-21-18-15-12-9-6-2)34-31-28-25-22-19-16-13-10-7-3/h5-40H2,1-4H3. The molecule has 0 aliphatic carbocycles. The second-order valence-electron chi connectivity index (χ2n) is 13.9. The van der Waals surface area contributed by atoms with E-state index in [1.54, 1.807) is 0 Å². The summed E-state index contributed by atoms with van der Waals surface area (Å²) in [6.07, 6.45) is 37.9. The third kappa shape index (κ3) is 36.3. The molecule has 0 aromatic rings. The summed E-state index contributed by atoms with van der Waals surface area (Å²) in [4.78, 5) is 5.11. The Kier molecular flexibility index (Phi) is 38.9. The van der Waals surface area contributed by atoms with Crippen LogP contribution in [0.15, 0.2) is 0 Å². The van der Waals surface area contributed by atoms with Crippen LogP contribution in [0.25, 0.3) is 0 Å². The zero-order valence-electron chi connectivity index (χ0n) is 31.2. The van der Waals surface area contributed by atoms with Crippen LogP contribution in [-0.2, 0) is 9.47 Å². The molecule has 0 unspecified atom stereocenters. The van der Waals surface area contributed by atoms with E-state index in [1.165, 1.54) is 193 Å². The molecule has 0 radical (unpaired) electrons. The predicted octanol–water partition coefficient (Wildman–Crippen LogP) is 11.8. The van der Waals surface area contributed by atoms with Gasteiger partial charge >= 0.3 is 0 Å². The van der Waals surface area contributed by atoms with Crippen molar-refractivity contribution >= 4 is 0 Å². The fourth-order valence-electron chi connectivity index (χ4n) is 6.17. The van der Waals surface area contributed by atoms with E-state index in [0.717, 1.165) is 39.5 Å². The summed E-state index contributed by atoms with van der Waals surface area (Å²) in [7, 11) is 2.24. The normalized spacial score (nSPS) is 11.9. The lowest BCUT2D eigenvalue weighted by Crippen LogP contribution is -2.30. The van der Waals surface area contributed by atoms with Crippen molar-refractivity contribution in [1.29, 1.82) is 0 Å². The van der Waals surface area contributed by atoms with E-state index in [-0.39, 0.29) is 0 Å². The zero-order chi connectivity index (χ0) is 32.0. The number of rotatable bonds is 39. The van der Waals surface area contributed by atoms with E-state index in [1.807, 2.05) is 0 Å². The van der Waals surface area contributed by atoms with Gasteiger partial charge in [0.05, 0.1) is 26.4 Å². The Morgan fingerprint density at radius 2 is 0.591 bits per heavy atom. The molecule has 0 amide bonds. The van der Waals surface area contributed by atoms with Crippen LogP contribution >= 0.6 is 0 Å². The Hall–Kier alpha value is -0.160. The molecular formula is C40H84N2O2. The van der Waals surface area contributed by atoms with Crippen molar-refractivity contribution in [2.24, 2.45) is 0 Å². The third-order valence-corrected chi connectivity index (χ3v) is 9.34. The monoisotopic (exact) mass is 625 g/mol. The molecule has 0 N–H and O–H groups in total. The molecule has 4 heteroatoms. The molecule has 0 heterocycles. The van der Waals surface area contributed by atoms with E-state index in [0.29, 0.717) is 0 Å². The second kappa shape index (κ2) is 39.0. The maximum Gasteiger partial charge on any atom is 0.0701 e. The maximum atomic E-state index is 6.01. The lowest BCUT2D eigenvalue weighted by molar-refractivity contribution is 0.0326. The van der Waals surface area contributed by atoms with Crippen LogP contribution in [0.4, 0.5) is 0 Å². The van der Waals surface area contributed by atoms with Crippen molar-refractivity contribution in [2.75, 3.05) is 66.2 Å². The van der Waals surface area contributed by atoms with Crippen molar-refractivity contribution in [3.8, 4) is 0 Å². The summed E-state index contributed by atoms with van der Waals surface area (Å²) in [5, 5.41) is 0. The van der Waals surface area contributed by atoms with Crippen molar-refractivity contribution < 1.29 is 9.47 Å². The molecule has 0 saturated heterocycles. The Labute approximate surface area is 279 Å². The summed E-state index contributed by atoms with van der Waals surface area (Å²) in [5.74, 6) is 0. The first kappa shape index (κ1) is 43.8. The molecule has 0 bridgehead atoms. The molecule has 0 aliphatic heterocycles. The minimum atomic E-state index is 0.725. The highest BCUT2D eigenvalue weighted by Crippen LogP contribution is 2.13. The molecule has 0 saturated carbocycles. The van der Waals surface area contributed by atoms with Gasteiger partial charge in [-0.1, -0.05) is 175 Å². The summed E-state index contributed by atoms with van der Waals surface area (Å²) in [5.41, 5.74) is 0. The molecule has 0 atom stereocenters. The van der Waals surface area contributed by atoms with Crippen LogP contribution in [-0.4, -0.2) is 76.0 Å². The van der Waals surface area contributed by atoms with Gasteiger partial charge in [-0.15, -0.1) is 0 Å². The van der Waals surface area contributed by atoms with E-state index in [4.69, 9.17) is 9.47 Å². The fraction of sp³-hybridized carbons (Fsp3) is 1.00. The molecule has 0 aromatic heterocycles. The van der Waals surface area contributed by atoms with E-state index >= 15 is 0 Å². The molecule has 0 rings (SSSR count). The van der Waals surface area contributed by atoms with E-state index < -0.39 is 0 Å². The SMILES string of the molecule is CCCCCCCCCCCN(C)CCOCCOCCN(CCCCCCCCCCC)CCCCCCCCCCC. The lowest BCUT2D eigenvalue weighted by atomic mass is 10.1. The third-order valence-electron chi connectivity index (χ3n) is 9.34. The molecular weight excluding hydrogens is 540 g/mol. The van der Waals surface area contributed by atoms with Gasteiger partial charge in [0.15, 0.2) is 0 Å². The van der Waals surface area contributed by atoms with E-state index in [9.17, 15) is 0 Å². The number of hydrogen-bond donors (Lipinski definition) is 0. The molecule has 0 spiro atoms. The van der Waals surface area contributed by atoms with Crippen LogP contribution in [0.2, 0.25) is 0 Å². The highest BCUT2D eigenvalue weighted by Gasteiger charge is 2.06. The van der Waals surface area contributed by atoms with Crippen LogP contribution in [0, 0.1) is 0 Å². The Bertz CT molecular complexity index is 482. The van der Waals surface area contributed by atoms with Crippen molar-refractivity contribution in [1.82, 2.24) is 9.80 Å². The second-order valence-corrected chi connectivity index (χ2v) is 13.9. The molecule has 266 valence electrons. The minimum absolute atomic E-state index is 0.725. The molecule has 44 heavy (non-hydrogen) atoms. The zero-order valence-corrected chi connectivity index (χ0v) is 31.2. The van der Waals surface area contributed by atoms with Crippen molar-refractivity contribution in [2.45, 2.75) is 194 Å². The maximum absolute atomic E-state index is 6.01. The highest BCUT2D eigenvalue weighted by atomic mass is 16.5. The van der Waals surface area contributed by atoms with Crippen molar-refractivity contribution in [3.05, 3.63) is 0 Å². The summed E-state index contributed by atoms with van der Waals surface area (Å²) >= 11 is 0. The molecule has 0 aromatic carbocycles. The van der Waals surface area contributed by atoms with Crippen LogP contribution in [0.3, 0.4) is 0 Å². The number of likely N-dealkylation sites (N-methyl/N-ethyl adjacent to an activating group) is 1. The molecule has 4 nitrogen and oxygen atoms in total.